The molecule has 0 atom stereocenters. The Bertz CT molecular complexity index is 1170. The Hall–Kier alpha value is -2.97. The van der Waals surface area contributed by atoms with Gasteiger partial charge in [-0.3, -0.25) is 0 Å². The van der Waals surface area contributed by atoms with E-state index < -0.39 is 0 Å². The third-order valence-corrected chi connectivity index (χ3v) is 7.96. The van der Waals surface area contributed by atoms with Crippen LogP contribution in [0.15, 0.2) is 41.8 Å². The molecule has 3 aromatic rings. The average molecular weight is 529 g/mol. The van der Waals surface area contributed by atoms with Crippen molar-refractivity contribution < 1.29 is 14.3 Å². The molecule has 0 saturated carbocycles. The van der Waals surface area contributed by atoms with E-state index in [4.69, 9.17) is 26.1 Å². The molecule has 0 bridgehead atoms. The number of thiazole rings is 1. The fourth-order valence-electron chi connectivity index (χ4n) is 4.52. The van der Waals surface area contributed by atoms with Gasteiger partial charge in [0.25, 0.3) is 0 Å². The highest BCUT2D eigenvalue weighted by Crippen LogP contribution is 2.37. The van der Waals surface area contributed by atoms with E-state index >= 15 is 0 Å². The molecule has 2 heterocycles. The standard InChI is InChI=1S/C27H33ClN4O3S/c1-5-31(6-2)20-9-7-18(8-10-20)23-17-36-26(29-23)19-11-13-32(14-12-19)27(33)30-22-15-21(28)24(34-3)16-25(22)35-4/h7-10,15-17,19H,5-6,11-14H2,1-4H3,(H,30,33). The number of urea groups is 1. The van der Waals surface area contributed by atoms with Gasteiger partial charge >= 0.3 is 6.03 Å². The highest BCUT2D eigenvalue weighted by molar-refractivity contribution is 7.10. The summed E-state index contributed by atoms with van der Waals surface area (Å²) in [5.74, 6) is 1.35. The van der Waals surface area contributed by atoms with Crippen LogP contribution in [0.1, 0.15) is 37.6 Å². The number of rotatable bonds is 8. The molecule has 1 aromatic heterocycles. The lowest BCUT2D eigenvalue weighted by Gasteiger charge is -2.31. The fourth-order valence-corrected chi connectivity index (χ4v) is 5.76. The lowest BCUT2D eigenvalue weighted by molar-refractivity contribution is 0.194. The second-order valence-electron chi connectivity index (χ2n) is 8.67. The van der Waals surface area contributed by atoms with Gasteiger partial charge < -0.3 is 24.6 Å². The Morgan fingerprint density at radius 2 is 1.78 bits per heavy atom. The molecule has 0 spiro atoms. The summed E-state index contributed by atoms with van der Waals surface area (Å²) >= 11 is 7.95. The van der Waals surface area contributed by atoms with Gasteiger partial charge in [0.15, 0.2) is 0 Å². The van der Waals surface area contributed by atoms with Crippen LogP contribution in [0, 0.1) is 0 Å². The molecule has 2 amide bonds. The van der Waals surface area contributed by atoms with E-state index in [1.165, 1.54) is 12.8 Å². The van der Waals surface area contributed by atoms with Crippen molar-refractivity contribution in [1.29, 1.82) is 0 Å². The van der Waals surface area contributed by atoms with E-state index in [0.717, 1.165) is 42.2 Å². The van der Waals surface area contributed by atoms with Gasteiger partial charge in [-0.25, -0.2) is 9.78 Å². The Kier molecular flexibility index (Phi) is 8.59. The molecule has 1 aliphatic heterocycles. The topological polar surface area (TPSA) is 66.9 Å². The Labute approximate surface area is 222 Å². The first-order valence-corrected chi connectivity index (χ1v) is 13.5. The van der Waals surface area contributed by atoms with Gasteiger partial charge in [-0.2, -0.15) is 0 Å². The van der Waals surface area contributed by atoms with Gasteiger partial charge in [-0.05, 0) is 44.9 Å². The number of halogens is 1. The van der Waals surface area contributed by atoms with Crippen LogP contribution in [0.25, 0.3) is 11.3 Å². The van der Waals surface area contributed by atoms with Crippen molar-refractivity contribution in [1.82, 2.24) is 9.88 Å². The van der Waals surface area contributed by atoms with Crippen molar-refractivity contribution in [2.45, 2.75) is 32.6 Å². The number of amides is 2. The number of benzene rings is 2. The second-order valence-corrected chi connectivity index (χ2v) is 9.97. The van der Waals surface area contributed by atoms with Crippen molar-refractivity contribution in [3.8, 4) is 22.8 Å². The van der Waals surface area contributed by atoms with Crippen LogP contribution in [0.2, 0.25) is 5.02 Å². The maximum Gasteiger partial charge on any atom is 0.321 e. The molecule has 1 N–H and O–H groups in total. The molecule has 36 heavy (non-hydrogen) atoms. The minimum absolute atomic E-state index is 0.166. The van der Waals surface area contributed by atoms with Crippen molar-refractivity contribution in [2.75, 3.05) is 50.6 Å². The molecule has 7 nitrogen and oxygen atoms in total. The number of anilines is 2. The van der Waals surface area contributed by atoms with Crippen LogP contribution in [0.3, 0.4) is 0 Å². The monoisotopic (exact) mass is 528 g/mol. The van der Waals surface area contributed by atoms with Crippen LogP contribution in [0.5, 0.6) is 11.5 Å². The number of carbonyl (C=O) groups is 1. The SMILES string of the molecule is CCN(CC)c1ccc(-c2csc(C3CCN(C(=O)Nc4cc(Cl)c(OC)cc4OC)CC3)n2)cc1. The number of piperidine rings is 1. The smallest absolute Gasteiger partial charge is 0.321 e. The predicted molar refractivity (Wildman–Crippen MR) is 148 cm³/mol. The van der Waals surface area contributed by atoms with Crippen molar-refractivity contribution >= 4 is 40.3 Å². The van der Waals surface area contributed by atoms with Gasteiger partial charge in [0.1, 0.15) is 11.5 Å². The second kappa shape index (κ2) is 11.8. The molecular formula is C27H33ClN4O3S. The molecule has 1 fully saturated rings. The van der Waals surface area contributed by atoms with Crippen LogP contribution in [-0.4, -0.2) is 56.3 Å². The molecule has 0 unspecified atom stereocenters. The molecule has 192 valence electrons. The van der Waals surface area contributed by atoms with E-state index in [9.17, 15) is 4.79 Å². The number of hydrogen-bond donors (Lipinski definition) is 1. The number of hydrogen-bond acceptors (Lipinski definition) is 6. The summed E-state index contributed by atoms with van der Waals surface area (Å²) in [6.07, 6.45) is 1.75. The van der Waals surface area contributed by atoms with E-state index in [2.05, 4.69) is 53.7 Å². The number of ether oxygens (including phenoxy) is 2. The van der Waals surface area contributed by atoms with E-state index in [-0.39, 0.29) is 6.03 Å². The maximum absolute atomic E-state index is 12.9. The first-order chi connectivity index (χ1) is 17.5. The van der Waals surface area contributed by atoms with Gasteiger partial charge in [0, 0.05) is 54.8 Å². The minimum atomic E-state index is -0.166. The summed E-state index contributed by atoms with van der Waals surface area (Å²) in [4.78, 5) is 22.0. The summed E-state index contributed by atoms with van der Waals surface area (Å²) in [6, 6.07) is 11.8. The Morgan fingerprint density at radius 1 is 1.11 bits per heavy atom. The third-order valence-electron chi connectivity index (χ3n) is 6.66. The molecule has 0 aliphatic carbocycles. The zero-order valence-corrected chi connectivity index (χ0v) is 22.8. The van der Waals surface area contributed by atoms with Crippen molar-refractivity contribution in [3.05, 3.63) is 51.8 Å². The quantitative estimate of drug-likeness (QED) is 0.351. The van der Waals surface area contributed by atoms with Gasteiger partial charge in [-0.1, -0.05) is 23.7 Å². The summed E-state index contributed by atoms with van der Waals surface area (Å²) in [5.41, 5.74) is 3.91. The number of methoxy groups -OCH3 is 2. The molecule has 9 heteroatoms. The summed E-state index contributed by atoms with van der Waals surface area (Å²) < 4.78 is 10.6. The fraction of sp³-hybridized carbons (Fsp3) is 0.407. The van der Waals surface area contributed by atoms with Crippen LogP contribution >= 0.6 is 22.9 Å². The molecular weight excluding hydrogens is 496 g/mol. The zero-order valence-electron chi connectivity index (χ0n) is 21.2. The molecule has 4 rings (SSSR count). The van der Waals surface area contributed by atoms with Gasteiger partial charge in [0.2, 0.25) is 0 Å². The van der Waals surface area contributed by atoms with E-state index in [1.807, 2.05) is 4.90 Å². The third kappa shape index (κ3) is 5.71. The molecule has 1 saturated heterocycles. The molecule has 2 aromatic carbocycles. The predicted octanol–water partition coefficient (Wildman–Crippen LogP) is 6.74. The minimum Gasteiger partial charge on any atom is -0.495 e. The summed E-state index contributed by atoms with van der Waals surface area (Å²) in [5, 5.41) is 6.62. The number of nitrogens with one attached hydrogen (secondary N) is 1. The maximum atomic E-state index is 12.9. The van der Waals surface area contributed by atoms with E-state index in [1.54, 1.807) is 30.6 Å². The normalized spacial score (nSPS) is 14.0. The summed E-state index contributed by atoms with van der Waals surface area (Å²) in [6.45, 7) is 7.66. The largest absolute Gasteiger partial charge is 0.495 e. The first-order valence-electron chi connectivity index (χ1n) is 12.3. The van der Waals surface area contributed by atoms with Crippen LogP contribution < -0.4 is 19.7 Å². The lowest BCUT2D eigenvalue weighted by atomic mass is 9.98. The average Bonchev–Trinajstić information content (AvgIpc) is 3.40. The number of carbonyl (C=O) groups excluding carboxylic acids is 1. The zero-order chi connectivity index (χ0) is 25.7. The van der Waals surface area contributed by atoms with Crippen molar-refractivity contribution in [2.24, 2.45) is 0 Å². The lowest BCUT2D eigenvalue weighted by Crippen LogP contribution is -2.40. The van der Waals surface area contributed by atoms with Crippen LogP contribution in [-0.2, 0) is 0 Å². The molecule has 0 radical (unpaired) electrons. The van der Waals surface area contributed by atoms with Crippen LogP contribution in [0.4, 0.5) is 16.2 Å². The number of nitrogens with zero attached hydrogens (tertiary/aromatic N) is 3. The Balaban J connectivity index is 1.36. The summed E-state index contributed by atoms with van der Waals surface area (Å²) in [7, 11) is 3.09. The van der Waals surface area contributed by atoms with Crippen molar-refractivity contribution in [3.63, 3.8) is 0 Å². The Morgan fingerprint density at radius 3 is 2.39 bits per heavy atom. The first kappa shape index (κ1) is 26.1. The number of likely N-dealkylation sites (tertiary alicyclic amines) is 1. The van der Waals surface area contributed by atoms with E-state index in [0.29, 0.717) is 41.2 Å². The number of aromatic nitrogens is 1. The highest BCUT2D eigenvalue weighted by Gasteiger charge is 2.26. The highest BCUT2D eigenvalue weighted by atomic mass is 35.5. The van der Waals surface area contributed by atoms with Gasteiger partial charge in [-0.15, -0.1) is 11.3 Å². The van der Waals surface area contributed by atoms with Gasteiger partial charge in [0.05, 0.1) is 35.6 Å². The molecule has 1 aliphatic rings.